The average molecular weight is 154 g/mol. The van der Waals surface area contributed by atoms with E-state index in [0.717, 1.165) is 24.7 Å². The van der Waals surface area contributed by atoms with E-state index in [-0.39, 0.29) is 0 Å². The summed E-state index contributed by atoms with van der Waals surface area (Å²) in [7, 11) is 0. The maximum atomic E-state index is 3.85. The maximum absolute atomic E-state index is 3.85. The fourth-order valence-corrected chi connectivity index (χ4v) is 1.54. The van der Waals surface area contributed by atoms with Crippen LogP contribution in [0.15, 0.2) is 12.3 Å². The van der Waals surface area contributed by atoms with Gasteiger partial charge in [-0.3, -0.25) is 0 Å². The molecule has 1 aliphatic heterocycles. The van der Waals surface area contributed by atoms with Crippen LogP contribution in [0.4, 0.5) is 0 Å². The van der Waals surface area contributed by atoms with E-state index < -0.39 is 0 Å². The fraction of sp³-hybridized carbons (Fsp3) is 0.778. The monoisotopic (exact) mass is 154 g/mol. The predicted octanol–water partition coefficient (Wildman–Crippen LogP) is 1.11. The van der Waals surface area contributed by atoms with Gasteiger partial charge in [0.15, 0.2) is 0 Å². The summed E-state index contributed by atoms with van der Waals surface area (Å²) in [4.78, 5) is 0. The van der Waals surface area contributed by atoms with Crippen molar-refractivity contribution in [1.82, 2.24) is 10.6 Å². The number of rotatable bonds is 2. The maximum Gasteiger partial charge on any atom is 0.0307 e. The molecule has 0 spiro atoms. The number of hydrogen-bond donors (Lipinski definition) is 2. The Balaban J connectivity index is 2.35. The Hall–Kier alpha value is -0.500. The van der Waals surface area contributed by atoms with Gasteiger partial charge in [-0.25, -0.2) is 0 Å². The third-order valence-electron chi connectivity index (χ3n) is 2.22. The standard InChI is InChI=1S/C9H18N2/c1-7(2)11-9-4-5-10-6-8(9)3/h8-11H,1,4-6H2,2-3H3. The molecule has 0 amide bonds. The SMILES string of the molecule is C=C(C)NC1CCNCC1C. The van der Waals surface area contributed by atoms with Crippen molar-refractivity contribution in [1.29, 1.82) is 0 Å². The van der Waals surface area contributed by atoms with Crippen molar-refractivity contribution < 1.29 is 0 Å². The molecule has 0 radical (unpaired) electrons. The highest BCUT2D eigenvalue weighted by molar-refractivity contribution is 4.92. The van der Waals surface area contributed by atoms with E-state index in [4.69, 9.17) is 0 Å². The normalized spacial score (nSPS) is 31.5. The van der Waals surface area contributed by atoms with Crippen molar-refractivity contribution in [3.8, 4) is 0 Å². The van der Waals surface area contributed by atoms with Crippen LogP contribution in [0.1, 0.15) is 20.3 Å². The molecule has 2 heteroatoms. The average Bonchev–Trinajstić information content (AvgIpc) is 1.93. The fourth-order valence-electron chi connectivity index (χ4n) is 1.54. The summed E-state index contributed by atoms with van der Waals surface area (Å²) in [6, 6.07) is 0.633. The van der Waals surface area contributed by atoms with Crippen molar-refractivity contribution >= 4 is 0 Å². The molecule has 2 atom stereocenters. The summed E-state index contributed by atoms with van der Waals surface area (Å²) in [5, 5.41) is 6.77. The molecule has 0 aromatic heterocycles. The molecule has 1 aliphatic rings. The minimum atomic E-state index is 0.633. The van der Waals surface area contributed by atoms with Crippen molar-refractivity contribution in [2.75, 3.05) is 13.1 Å². The topological polar surface area (TPSA) is 24.1 Å². The first kappa shape index (κ1) is 8.60. The number of nitrogens with one attached hydrogen (secondary N) is 2. The van der Waals surface area contributed by atoms with Gasteiger partial charge in [-0.1, -0.05) is 13.5 Å². The lowest BCUT2D eigenvalue weighted by Crippen LogP contribution is -2.45. The smallest absolute Gasteiger partial charge is 0.0307 e. The highest BCUT2D eigenvalue weighted by atomic mass is 15.0. The molecule has 0 aromatic rings. The molecular weight excluding hydrogens is 136 g/mol. The minimum Gasteiger partial charge on any atom is -0.386 e. The highest BCUT2D eigenvalue weighted by Crippen LogP contribution is 2.10. The molecule has 64 valence electrons. The van der Waals surface area contributed by atoms with Gasteiger partial charge in [0.2, 0.25) is 0 Å². The highest BCUT2D eigenvalue weighted by Gasteiger charge is 2.19. The third-order valence-corrected chi connectivity index (χ3v) is 2.22. The van der Waals surface area contributed by atoms with Crippen molar-refractivity contribution in [2.45, 2.75) is 26.3 Å². The molecule has 0 aliphatic carbocycles. The van der Waals surface area contributed by atoms with Gasteiger partial charge in [-0.05, 0) is 32.4 Å². The van der Waals surface area contributed by atoms with Crippen molar-refractivity contribution in [3.05, 3.63) is 12.3 Å². The molecule has 1 saturated heterocycles. The Morgan fingerprint density at radius 3 is 2.91 bits per heavy atom. The van der Waals surface area contributed by atoms with Gasteiger partial charge in [0.25, 0.3) is 0 Å². The summed E-state index contributed by atoms with van der Waals surface area (Å²) in [6.07, 6.45) is 1.22. The molecule has 1 heterocycles. The third kappa shape index (κ3) is 2.54. The molecule has 0 bridgehead atoms. The molecule has 2 unspecified atom stereocenters. The zero-order valence-electron chi connectivity index (χ0n) is 7.48. The molecule has 2 nitrogen and oxygen atoms in total. The lowest BCUT2D eigenvalue weighted by Gasteiger charge is -2.31. The molecule has 11 heavy (non-hydrogen) atoms. The first-order valence-corrected chi connectivity index (χ1v) is 4.33. The predicted molar refractivity (Wildman–Crippen MR) is 48.4 cm³/mol. The van der Waals surface area contributed by atoms with Gasteiger partial charge in [-0.2, -0.15) is 0 Å². The van der Waals surface area contributed by atoms with Gasteiger partial charge in [0.05, 0.1) is 0 Å². The Bertz CT molecular complexity index is 142. The van der Waals surface area contributed by atoms with E-state index in [9.17, 15) is 0 Å². The van der Waals surface area contributed by atoms with Crippen LogP contribution >= 0.6 is 0 Å². The quantitative estimate of drug-likeness (QED) is 0.622. The van der Waals surface area contributed by atoms with Crippen LogP contribution in [0.25, 0.3) is 0 Å². The lowest BCUT2D eigenvalue weighted by atomic mass is 9.95. The van der Waals surface area contributed by atoms with Crippen LogP contribution in [0.2, 0.25) is 0 Å². The van der Waals surface area contributed by atoms with E-state index >= 15 is 0 Å². The van der Waals surface area contributed by atoms with Crippen LogP contribution in [0.3, 0.4) is 0 Å². The second-order valence-corrected chi connectivity index (χ2v) is 3.50. The molecule has 2 N–H and O–H groups in total. The van der Waals surface area contributed by atoms with Crippen LogP contribution in [0, 0.1) is 5.92 Å². The Morgan fingerprint density at radius 2 is 2.36 bits per heavy atom. The zero-order chi connectivity index (χ0) is 8.27. The largest absolute Gasteiger partial charge is 0.386 e. The van der Waals surface area contributed by atoms with Crippen LogP contribution in [0.5, 0.6) is 0 Å². The second kappa shape index (κ2) is 3.77. The Morgan fingerprint density at radius 1 is 1.64 bits per heavy atom. The summed E-state index contributed by atoms with van der Waals surface area (Å²) < 4.78 is 0. The van der Waals surface area contributed by atoms with Gasteiger partial charge in [0.1, 0.15) is 0 Å². The molecule has 1 rings (SSSR count). The van der Waals surface area contributed by atoms with Crippen molar-refractivity contribution in [2.24, 2.45) is 5.92 Å². The number of allylic oxidation sites excluding steroid dienone is 1. The van der Waals surface area contributed by atoms with Gasteiger partial charge in [0, 0.05) is 11.7 Å². The molecule has 1 fully saturated rings. The van der Waals surface area contributed by atoms with Crippen LogP contribution in [-0.2, 0) is 0 Å². The summed E-state index contributed by atoms with van der Waals surface area (Å²) in [5.74, 6) is 0.723. The summed E-state index contributed by atoms with van der Waals surface area (Å²) in [5.41, 5.74) is 1.09. The van der Waals surface area contributed by atoms with E-state index in [1.807, 2.05) is 6.92 Å². The van der Waals surface area contributed by atoms with E-state index in [0.29, 0.717) is 6.04 Å². The van der Waals surface area contributed by atoms with E-state index in [1.54, 1.807) is 0 Å². The van der Waals surface area contributed by atoms with Crippen molar-refractivity contribution in [3.63, 3.8) is 0 Å². The Kier molecular flexibility index (Phi) is 2.94. The minimum absolute atomic E-state index is 0.633. The first-order chi connectivity index (χ1) is 5.20. The van der Waals surface area contributed by atoms with Gasteiger partial charge >= 0.3 is 0 Å². The second-order valence-electron chi connectivity index (χ2n) is 3.50. The van der Waals surface area contributed by atoms with E-state index in [2.05, 4.69) is 24.1 Å². The van der Waals surface area contributed by atoms with Crippen LogP contribution < -0.4 is 10.6 Å². The van der Waals surface area contributed by atoms with Crippen LogP contribution in [-0.4, -0.2) is 19.1 Å². The Labute approximate surface area is 69.1 Å². The van der Waals surface area contributed by atoms with Gasteiger partial charge in [-0.15, -0.1) is 0 Å². The number of hydrogen-bond acceptors (Lipinski definition) is 2. The summed E-state index contributed by atoms with van der Waals surface area (Å²) >= 11 is 0. The summed E-state index contributed by atoms with van der Waals surface area (Å²) in [6.45, 7) is 10.4. The van der Waals surface area contributed by atoms with Gasteiger partial charge < -0.3 is 10.6 Å². The lowest BCUT2D eigenvalue weighted by molar-refractivity contribution is 0.314. The first-order valence-electron chi connectivity index (χ1n) is 4.33. The molecule has 0 aromatic carbocycles. The van der Waals surface area contributed by atoms with E-state index in [1.165, 1.54) is 6.42 Å². The molecule has 0 saturated carbocycles. The zero-order valence-corrected chi connectivity index (χ0v) is 7.48. The number of piperidine rings is 1. The molecular formula is C9H18N2.